The molecule has 0 amide bonds. The molecule has 144 valence electrons. The summed E-state index contributed by atoms with van der Waals surface area (Å²) in [6, 6.07) is 14.9. The number of aryl methyl sites for hydroxylation is 1. The minimum Gasteiger partial charge on any atom is -0.489 e. The number of carboxylic acid groups (broad SMARTS) is 1. The van der Waals surface area contributed by atoms with Crippen LogP contribution in [0.4, 0.5) is 0 Å². The summed E-state index contributed by atoms with van der Waals surface area (Å²) in [6.07, 6.45) is 1.64. The Balaban J connectivity index is 1.88. The molecule has 1 heterocycles. The van der Waals surface area contributed by atoms with Gasteiger partial charge in [-0.2, -0.15) is 0 Å². The van der Waals surface area contributed by atoms with E-state index in [9.17, 15) is 4.79 Å². The third kappa shape index (κ3) is 5.27. The van der Waals surface area contributed by atoms with Crippen molar-refractivity contribution in [3.8, 4) is 5.75 Å². The molecule has 5 heteroatoms. The molecule has 0 saturated carbocycles. The van der Waals surface area contributed by atoms with Gasteiger partial charge in [-0.1, -0.05) is 36.4 Å². The standard InChI is InChI=1S/C22H27NO3S/c1-23(2)12-13-27-22-18-8-4-3-7-17(18)15-26-20-11-10-16(14-19(20)22)6-5-9-21(24)25/h3-4,7-8,10-11,14,22H,5-6,9,12-13,15H2,1-2H3,(H,24,25). The van der Waals surface area contributed by atoms with E-state index >= 15 is 0 Å². The molecular weight excluding hydrogens is 358 g/mol. The summed E-state index contributed by atoms with van der Waals surface area (Å²) in [5.74, 6) is 1.24. The minimum atomic E-state index is -0.737. The van der Waals surface area contributed by atoms with Crippen LogP contribution >= 0.6 is 11.8 Å². The maximum absolute atomic E-state index is 10.8. The summed E-state index contributed by atoms with van der Waals surface area (Å²) in [4.78, 5) is 13.0. The van der Waals surface area contributed by atoms with E-state index in [0.717, 1.165) is 24.5 Å². The summed E-state index contributed by atoms with van der Waals surface area (Å²) in [5.41, 5.74) is 4.94. The predicted octanol–water partition coefficient (Wildman–Crippen LogP) is 4.37. The van der Waals surface area contributed by atoms with Crippen molar-refractivity contribution in [2.24, 2.45) is 0 Å². The normalized spacial score (nSPS) is 15.6. The molecule has 0 aliphatic carbocycles. The van der Waals surface area contributed by atoms with Crippen LogP contribution in [0.25, 0.3) is 0 Å². The van der Waals surface area contributed by atoms with Crippen molar-refractivity contribution in [3.63, 3.8) is 0 Å². The second-order valence-corrected chi connectivity index (χ2v) is 8.37. The number of hydrogen-bond donors (Lipinski definition) is 1. The Morgan fingerprint density at radius 1 is 1.22 bits per heavy atom. The van der Waals surface area contributed by atoms with E-state index in [1.54, 1.807) is 0 Å². The Morgan fingerprint density at radius 2 is 2.04 bits per heavy atom. The van der Waals surface area contributed by atoms with E-state index in [-0.39, 0.29) is 11.7 Å². The Morgan fingerprint density at radius 3 is 2.81 bits per heavy atom. The van der Waals surface area contributed by atoms with Gasteiger partial charge in [0, 0.05) is 24.3 Å². The van der Waals surface area contributed by atoms with E-state index in [2.05, 4.69) is 61.5 Å². The number of nitrogens with zero attached hydrogens (tertiary/aromatic N) is 1. The van der Waals surface area contributed by atoms with Gasteiger partial charge in [0.25, 0.3) is 0 Å². The zero-order chi connectivity index (χ0) is 19.2. The van der Waals surface area contributed by atoms with E-state index in [1.165, 1.54) is 22.3 Å². The zero-order valence-electron chi connectivity index (χ0n) is 16.0. The van der Waals surface area contributed by atoms with Crippen LogP contribution in [0.5, 0.6) is 5.75 Å². The molecule has 3 rings (SSSR count). The van der Waals surface area contributed by atoms with E-state index in [1.807, 2.05) is 11.8 Å². The van der Waals surface area contributed by atoms with Gasteiger partial charge >= 0.3 is 5.97 Å². The molecule has 27 heavy (non-hydrogen) atoms. The summed E-state index contributed by atoms with van der Waals surface area (Å²) >= 11 is 1.95. The first-order chi connectivity index (χ1) is 13.0. The number of aliphatic carboxylic acids is 1. The molecule has 1 aliphatic heterocycles. The van der Waals surface area contributed by atoms with Gasteiger partial charge in [-0.25, -0.2) is 0 Å². The maximum atomic E-state index is 10.8. The molecule has 2 aromatic rings. The van der Waals surface area contributed by atoms with Crippen molar-refractivity contribution in [3.05, 3.63) is 64.7 Å². The highest BCUT2D eigenvalue weighted by Gasteiger charge is 2.25. The third-order valence-corrected chi connectivity index (χ3v) is 6.02. The number of ether oxygens (including phenoxy) is 1. The molecule has 2 aromatic carbocycles. The monoisotopic (exact) mass is 385 g/mol. The summed E-state index contributed by atoms with van der Waals surface area (Å²) in [5, 5.41) is 9.12. The van der Waals surface area contributed by atoms with E-state index < -0.39 is 5.97 Å². The van der Waals surface area contributed by atoms with Crippen molar-refractivity contribution in [1.82, 2.24) is 4.90 Å². The second kappa shape index (κ2) is 9.29. The Labute approximate surface area is 165 Å². The van der Waals surface area contributed by atoms with Crippen molar-refractivity contribution < 1.29 is 14.6 Å². The van der Waals surface area contributed by atoms with Crippen LogP contribution in [0.2, 0.25) is 0 Å². The lowest BCUT2D eigenvalue weighted by Crippen LogP contribution is -2.15. The highest BCUT2D eigenvalue weighted by molar-refractivity contribution is 7.99. The van der Waals surface area contributed by atoms with Crippen LogP contribution in [-0.4, -0.2) is 42.4 Å². The molecule has 1 aliphatic rings. The molecule has 4 nitrogen and oxygen atoms in total. The van der Waals surface area contributed by atoms with Gasteiger partial charge in [0.05, 0.1) is 5.25 Å². The van der Waals surface area contributed by atoms with Gasteiger partial charge in [-0.3, -0.25) is 4.79 Å². The molecule has 1 atom stereocenters. The van der Waals surface area contributed by atoms with Crippen LogP contribution in [0.15, 0.2) is 42.5 Å². The average Bonchev–Trinajstić information content (AvgIpc) is 2.78. The fraction of sp³-hybridized carbons (Fsp3) is 0.409. The van der Waals surface area contributed by atoms with Crippen LogP contribution in [0.1, 0.15) is 40.3 Å². The van der Waals surface area contributed by atoms with Crippen molar-refractivity contribution in [2.75, 3.05) is 26.4 Å². The maximum Gasteiger partial charge on any atom is 0.303 e. The Kier molecular flexibility index (Phi) is 6.80. The number of carbonyl (C=O) groups is 1. The van der Waals surface area contributed by atoms with Gasteiger partial charge in [0.1, 0.15) is 12.4 Å². The first kappa shape index (κ1) is 19.8. The molecule has 0 spiro atoms. The number of thioether (sulfide) groups is 1. The molecular formula is C22H27NO3S. The molecule has 1 unspecified atom stereocenters. The fourth-order valence-electron chi connectivity index (χ4n) is 3.31. The average molecular weight is 386 g/mol. The molecule has 0 radical (unpaired) electrons. The van der Waals surface area contributed by atoms with E-state index in [4.69, 9.17) is 9.84 Å². The number of hydrogen-bond acceptors (Lipinski definition) is 4. The Hall–Kier alpha value is -1.98. The van der Waals surface area contributed by atoms with Crippen LogP contribution in [-0.2, 0) is 17.8 Å². The van der Waals surface area contributed by atoms with E-state index in [0.29, 0.717) is 13.0 Å². The van der Waals surface area contributed by atoms with Crippen molar-refractivity contribution in [2.45, 2.75) is 31.1 Å². The number of carboxylic acids is 1. The largest absolute Gasteiger partial charge is 0.489 e. The minimum absolute atomic E-state index is 0.206. The zero-order valence-corrected chi connectivity index (χ0v) is 16.8. The molecule has 0 bridgehead atoms. The van der Waals surface area contributed by atoms with Gasteiger partial charge in [-0.15, -0.1) is 11.8 Å². The smallest absolute Gasteiger partial charge is 0.303 e. The number of fused-ring (bicyclic) bond motifs is 2. The predicted molar refractivity (Wildman–Crippen MR) is 111 cm³/mol. The highest BCUT2D eigenvalue weighted by Crippen LogP contribution is 2.44. The summed E-state index contributed by atoms with van der Waals surface area (Å²) in [7, 11) is 4.19. The number of rotatable bonds is 8. The van der Waals surface area contributed by atoms with Gasteiger partial charge in [0.2, 0.25) is 0 Å². The summed E-state index contributed by atoms with van der Waals surface area (Å²) < 4.78 is 6.11. The van der Waals surface area contributed by atoms with Gasteiger partial charge in [-0.05, 0) is 49.7 Å². The third-order valence-electron chi connectivity index (χ3n) is 4.76. The fourth-order valence-corrected chi connectivity index (χ4v) is 4.79. The van der Waals surface area contributed by atoms with Gasteiger partial charge < -0.3 is 14.7 Å². The lowest BCUT2D eigenvalue weighted by Gasteiger charge is -2.20. The van der Waals surface area contributed by atoms with Crippen LogP contribution < -0.4 is 4.74 Å². The molecule has 1 N–H and O–H groups in total. The first-order valence-electron chi connectivity index (χ1n) is 9.36. The molecule has 0 aromatic heterocycles. The van der Waals surface area contributed by atoms with Gasteiger partial charge in [0.15, 0.2) is 0 Å². The van der Waals surface area contributed by atoms with Crippen LogP contribution in [0.3, 0.4) is 0 Å². The second-order valence-electron chi connectivity index (χ2n) is 7.16. The number of benzene rings is 2. The van der Waals surface area contributed by atoms with Crippen molar-refractivity contribution in [1.29, 1.82) is 0 Å². The first-order valence-corrected chi connectivity index (χ1v) is 10.4. The topological polar surface area (TPSA) is 49.8 Å². The lowest BCUT2D eigenvalue weighted by atomic mass is 9.97. The molecule has 0 fully saturated rings. The molecule has 0 saturated heterocycles. The van der Waals surface area contributed by atoms with Crippen molar-refractivity contribution >= 4 is 17.7 Å². The lowest BCUT2D eigenvalue weighted by molar-refractivity contribution is -0.137. The Bertz CT molecular complexity index is 791. The highest BCUT2D eigenvalue weighted by atomic mass is 32.2. The quantitative estimate of drug-likeness (QED) is 0.731. The SMILES string of the molecule is CN(C)CCSC1c2ccccc2COc2ccc(CCCC(=O)O)cc21. The summed E-state index contributed by atoms with van der Waals surface area (Å²) in [6.45, 7) is 1.62. The van der Waals surface area contributed by atoms with Crippen LogP contribution in [0, 0.1) is 0 Å².